The van der Waals surface area contributed by atoms with Gasteiger partial charge in [0.25, 0.3) is 10.0 Å². The van der Waals surface area contributed by atoms with Crippen LogP contribution in [0.3, 0.4) is 0 Å². The molecule has 43 heavy (non-hydrogen) atoms. The van der Waals surface area contributed by atoms with Crippen LogP contribution >= 0.6 is 23.2 Å². The zero-order valence-corrected chi connectivity index (χ0v) is 26.0. The van der Waals surface area contributed by atoms with Crippen molar-refractivity contribution in [3.63, 3.8) is 0 Å². The van der Waals surface area contributed by atoms with Crippen molar-refractivity contribution in [2.24, 2.45) is 0 Å². The van der Waals surface area contributed by atoms with Crippen LogP contribution in [0.1, 0.15) is 24.5 Å². The Morgan fingerprint density at radius 2 is 1.40 bits per heavy atom. The molecule has 224 valence electrons. The highest BCUT2D eigenvalue weighted by Crippen LogP contribution is 2.33. The van der Waals surface area contributed by atoms with Crippen molar-refractivity contribution in [1.29, 1.82) is 0 Å². The van der Waals surface area contributed by atoms with Crippen LogP contribution < -0.4 is 9.62 Å². The van der Waals surface area contributed by atoms with Gasteiger partial charge in [0.15, 0.2) is 0 Å². The molecule has 0 aromatic heterocycles. The number of carbonyl (C=O) groups is 2. The third-order valence-electron chi connectivity index (χ3n) is 6.80. The first-order chi connectivity index (χ1) is 20.7. The maximum absolute atomic E-state index is 14.4. The number of carbonyl (C=O) groups excluding carboxylic acids is 2. The fourth-order valence-electron chi connectivity index (χ4n) is 4.61. The van der Waals surface area contributed by atoms with Crippen LogP contribution in [0.15, 0.2) is 114 Å². The molecule has 0 aliphatic rings. The Labute approximate surface area is 263 Å². The SMILES string of the molecule is CCCNC(=O)[C@@H](Cc1ccccc1)N(Cc1ccccc1)C(=O)CN(c1cc(Cl)ccc1Cl)S(=O)(=O)c1ccccc1. The zero-order chi connectivity index (χ0) is 30.8. The number of nitrogens with one attached hydrogen (secondary N) is 1. The molecule has 0 bridgehead atoms. The van der Waals surface area contributed by atoms with Crippen LogP contribution in [0.25, 0.3) is 0 Å². The van der Waals surface area contributed by atoms with Gasteiger partial charge in [-0.15, -0.1) is 0 Å². The van der Waals surface area contributed by atoms with E-state index in [2.05, 4.69) is 5.32 Å². The molecule has 0 heterocycles. The molecular weight excluding hydrogens is 605 g/mol. The van der Waals surface area contributed by atoms with E-state index in [1.165, 1.54) is 35.2 Å². The Morgan fingerprint density at radius 3 is 2.00 bits per heavy atom. The topological polar surface area (TPSA) is 86.8 Å². The summed E-state index contributed by atoms with van der Waals surface area (Å²) < 4.78 is 29.0. The summed E-state index contributed by atoms with van der Waals surface area (Å²) in [4.78, 5) is 29.4. The van der Waals surface area contributed by atoms with E-state index in [4.69, 9.17) is 23.2 Å². The van der Waals surface area contributed by atoms with E-state index in [1.807, 2.05) is 67.6 Å². The molecule has 0 spiro atoms. The summed E-state index contributed by atoms with van der Waals surface area (Å²) in [5.74, 6) is -0.903. The number of hydrogen-bond donors (Lipinski definition) is 1. The number of sulfonamides is 1. The molecule has 0 radical (unpaired) electrons. The molecule has 4 rings (SSSR count). The van der Waals surface area contributed by atoms with Crippen molar-refractivity contribution in [3.05, 3.63) is 130 Å². The van der Waals surface area contributed by atoms with Gasteiger partial charge in [0.05, 0.1) is 15.6 Å². The first kappa shape index (κ1) is 32.1. The molecule has 10 heteroatoms. The predicted octanol–water partition coefficient (Wildman–Crippen LogP) is 6.36. The van der Waals surface area contributed by atoms with E-state index < -0.39 is 28.5 Å². The molecule has 0 saturated carbocycles. The minimum absolute atomic E-state index is 0.0185. The second kappa shape index (κ2) is 15.0. The van der Waals surface area contributed by atoms with E-state index in [1.54, 1.807) is 18.2 Å². The lowest BCUT2D eigenvalue weighted by Crippen LogP contribution is -2.53. The van der Waals surface area contributed by atoms with E-state index in [0.29, 0.717) is 13.0 Å². The molecule has 1 N–H and O–H groups in total. The lowest BCUT2D eigenvalue weighted by atomic mass is 10.0. The van der Waals surface area contributed by atoms with Gasteiger partial charge < -0.3 is 10.2 Å². The largest absolute Gasteiger partial charge is 0.354 e. The molecule has 4 aromatic carbocycles. The number of nitrogens with zero attached hydrogens (tertiary/aromatic N) is 2. The number of halogens is 2. The smallest absolute Gasteiger partial charge is 0.264 e. The highest BCUT2D eigenvalue weighted by atomic mass is 35.5. The highest BCUT2D eigenvalue weighted by Gasteiger charge is 2.35. The molecule has 0 saturated heterocycles. The maximum Gasteiger partial charge on any atom is 0.264 e. The number of amides is 2. The second-order valence-electron chi connectivity index (χ2n) is 9.92. The minimum atomic E-state index is -4.27. The van der Waals surface area contributed by atoms with Gasteiger partial charge in [-0.05, 0) is 47.9 Å². The van der Waals surface area contributed by atoms with Crippen LogP contribution in [0.5, 0.6) is 0 Å². The van der Waals surface area contributed by atoms with Crippen molar-refractivity contribution in [2.75, 3.05) is 17.4 Å². The Bertz CT molecular complexity index is 1620. The summed E-state index contributed by atoms with van der Waals surface area (Å²) in [5, 5.41) is 3.28. The molecule has 0 fully saturated rings. The molecule has 2 amide bonds. The molecule has 4 aromatic rings. The lowest BCUT2D eigenvalue weighted by molar-refractivity contribution is -0.140. The van der Waals surface area contributed by atoms with Gasteiger partial charge in [0, 0.05) is 24.5 Å². The van der Waals surface area contributed by atoms with Crippen LogP contribution in [0, 0.1) is 0 Å². The molecule has 0 unspecified atom stereocenters. The van der Waals surface area contributed by atoms with Crippen LogP contribution in [-0.4, -0.2) is 44.3 Å². The standard InChI is InChI=1S/C33H33Cl2N3O4S/c1-2-20-36-33(40)31(21-25-12-6-3-7-13-25)37(23-26-14-8-4-9-15-26)32(39)24-38(30-22-27(34)18-19-29(30)35)43(41,42)28-16-10-5-11-17-28/h3-19,22,31H,2,20-21,23-24H2,1H3,(H,36,40)/t31-/m1/s1. The summed E-state index contributed by atoms with van der Waals surface area (Å²) in [6, 6.07) is 30.0. The van der Waals surface area contributed by atoms with Gasteiger partial charge in [0.1, 0.15) is 12.6 Å². The first-order valence-corrected chi connectivity index (χ1v) is 16.1. The normalized spacial score (nSPS) is 11.9. The fraction of sp³-hybridized carbons (Fsp3) is 0.212. The number of hydrogen-bond acceptors (Lipinski definition) is 4. The average Bonchev–Trinajstić information content (AvgIpc) is 3.03. The average molecular weight is 639 g/mol. The maximum atomic E-state index is 14.4. The molecule has 0 aliphatic heterocycles. The van der Waals surface area contributed by atoms with E-state index in [-0.39, 0.29) is 39.5 Å². The number of rotatable bonds is 13. The number of anilines is 1. The summed E-state index contributed by atoms with van der Waals surface area (Å²) in [7, 11) is -4.27. The van der Waals surface area contributed by atoms with Crippen molar-refractivity contribution in [1.82, 2.24) is 10.2 Å². The summed E-state index contributed by atoms with van der Waals surface area (Å²) in [5.41, 5.74) is 1.70. The van der Waals surface area contributed by atoms with Gasteiger partial charge in [-0.2, -0.15) is 0 Å². The molecule has 7 nitrogen and oxygen atoms in total. The second-order valence-corrected chi connectivity index (χ2v) is 12.6. The van der Waals surface area contributed by atoms with Crippen LogP contribution in [0.2, 0.25) is 10.0 Å². The van der Waals surface area contributed by atoms with Crippen LogP contribution in [0.4, 0.5) is 5.69 Å². The Balaban J connectivity index is 1.80. The summed E-state index contributed by atoms with van der Waals surface area (Å²) >= 11 is 12.8. The molecule has 1 atom stereocenters. The van der Waals surface area contributed by atoms with Gasteiger partial charge >= 0.3 is 0 Å². The summed E-state index contributed by atoms with van der Waals surface area (Å²) in [6.07, 6.45) is 0.950. The predicted molar refractivity (Wildman–Crippen MR) is 172 cm³/mol. The third kappa shape index (κ3) is 8.38. The van der Waals surface area contributed by atoms with E-state index in [0.717, 1.165) is 15.4 Å². The quantitative estimate of drug-likeness (QED) is 0.185. The fourth-order valence-corrected chi connectivity index (χ4v) is 6.49. The van der Waals surface area contributed by atoms with Crippen molar-refractivity contribution in [2.45, 2.75) is 37.2 Å². The third-order valence-corrected chi connectivity index (χ3v) is 9.13. The summed E-state index contributed by atoms with van der Waals surface area (Å²) in [6.45, 7) is 1.85. The monoisotopic (exact) mass is 637 g/mol. The Kier molecular flexibility index (Phi) is 11.2. The van der Waals surface area contributed by atoms with E-state index in [9.17, 15) is 18.0 Å². The van der Waals surface area contributed by atoms with Crippen molar-refractivity contribution < 1.29 is 18.0 Å². The minimum Gasteiger partial charge on any atom is -0.354 e. The zero-order valence-electron chi connectivity index (χ0n) is 23.7. The van der Waals surface area contributed by atoms with E-state index >= 15 is 0 Å². The van der Waals surface area contributed by atoms with Crippen molar-refractivity contribution >= 4 is 50.7 Å². The molecular formula is C33H33Cl2N3O4S. The van der Waals surface area contributed by atoms with Gasteiger partial charge in [0.2, 0.25) is 11.8 Å². The highest BCUT2D eigenvalue weighted by molar-refractivity contribution is 7.92. The number of benzene rings is 4. The van der Waals surface area contributed by atoms with Gasteiger partial charge in [-0.1, -0.05) is 109 Å². The van der Waals surface area contributed by atoms with Crippen molar-refractivity contribution in [3.8, 4) is 0 Å². The Morgan fingerprint density at radius 1 is 0.814 bits per heavy atom. The molecule has 0 aliphatic carbocycles. The first-order valence-electron chi connectivity index (χ1n) is 13.9. The van der Waals surface area contributed by atoms with Gasteiger partial charge in [-0.3, -0.25) is 13.9 Å². The lowest BCUT2D eigenvalue weighted by Gasteiger charge is -2.34. The van der Waals surface area contributed by atoms with Gasteiger partial charge in [-0.25, -0.2) is 8.42 Å². The Hall–Kier alpha value is -3.85. The van der Waals surface area contributed by atoms with Crippen LogP contribution in [-0.2, 0) is 32.6 Å².